The van der Waals surface area contributed by atoms with Crippen LogP contribution in [0.4, 0.5) is 0 Å². The van der Waals surface area contributed by atoms with Crippen LogP contribution in [0, 0.1) is 0 Å². The van der Waals surface area contributed by atoms with E-state index in [2.05, 4.69) is 28.3 Å². The normalized spacial score (nSPS) is 9.55. The molecule has 0 aliphatic rings. The Bertz CT molecular complexity index is 273. The molecule has 11 heavy (non-hydrogen) atoms. The number of nitrogens with zero attached hydrogens (tertiary/aromatic N) is 2. The van der Waals surface area contributed by atoms with Gasteiger partial charge in [0.05, 0.1) is 0 Å². The van der Waals surface area contributed by atoms with E-state index in [0.29, 0.717) is 5.82 Å². The van der Waals surface area contributed by atoms with Crippen molar-refractivity contribution >= 4 is 5.57 Å². The Kier molecular flexibility index (Phi) is 2.21. The first-order valence-electron chi connectivity index (χ1n) is 3.51. The van der Waals surface area contributed by atoms with Crippen LogP contribution in [0.1, 0.15) is 18.6 Å². The monoisotopic (exact) mass is 149 g/mol. The summed E-state index contributed by atoms with van der Waals surface area (Å²) in [6.45, 7) is 9.34. The highest BCUT2D eigenvalue weighted by atomic mass is 15.2. The number of hydrogen-bond donors (Lipinski definition) is 1. The number of rotatable bonds is 3. The Hall–Kier alpha value is -1.38. The summed E-state index contributed by atoms with van der Waals surface area (Å²) in [5, 5.41) is 7.77. The molecule has 0 aromatic carbocycles. The van der Waals surface area contributed by atoms with Crippen LogP contribution in [0.3, 0.4) is 0 Å². The number of nitrogens with one attached hydrogen (secondary N) is 1. The average molecular weight is 149 g/mol. The van der Waals surface area contributed by atoms with Crippen LogP contribution in [0.5, 0.6) is 0 Å². The van der Waals surface area contributed by atoms with E-state index in [1.807, 2.05) is 6.92 Å². The zero-order chi connectivity index (χ0) is 8.27. The van der Waals surface area contributed by atoms with Crippen molar-refractivity contribution in [2.45, 2.75) is 13.3 Å². The van der Waals surface area contributed by atoms with E-state index < -0.39 is 0 Å². The summed E-state index contributed by atoms with van der Waals surface area (Å²) in [4.78, 5) is 3.02. The second-order valence-corrected chi connectivity index (χ2v) is 2.20. The van der Waals surface area contributed by atoms with Crippen LogP contribution in [0.25, 0.3) is 5.57 Å². The fourth-order valence-corrected chi connectivity index (χ4v) is 0.697. The van der Waals surface area contributed by atoms with Crippen molar-refractivity contribution in [1.29, 1.82) is 0 Å². The molecule has 0 unspecified atom stereocenters. The zero-order valence-corrected chi connectivity index (χ0v) is 6.59. The van der Waals surface area contributed by atoms with Crippen molar-refractivity contribution in [2.75, 3.05) is 0 Å². The number of aromatic nitrogens is 3. The molecular formula is C8H11N3. The van der Waals surface area contributed by atoms with Gasteiger partial charge in [-0.1, -0.05) is 26.2 Å². The number of hydrogen-bond acceptors (Lipinski definition) is 2. The average Bonchev–Trinajstić information content (AvgIpc) is 2.50. The van der Waals surface area contributed by atoms with Gasteiger partial charge in [0.1, 0.15) is 5.82 Å². The number of aromatic amines is 1. The van der Waals surface area contributed by atoms with E-state index in [1.165, 1.54) is 0 Å². The lowest BCUT2D eigenvalue weighted by molar-refractivity contribution is 0.946. The number of aryl methyl sites for hydroxylation is 1. The quantitative estimate of drug-likeness (QED) is 0.663. The highest BCUT2D eigenvalue weighted by Gasteiger charge is 2.00. The molecule has 1 rings (SSSR count). The summed E-state index contributed by atoms with van der Waals surface area (Å²) in [7, 11) is 0. The minimum atomic E-state index is 0.705. The van der Waals surface area contributed by atoms with E-state index in [0.717, 1.165) is 17.8 Å². The van der Waals surface area contributed by atoms with Crippen molar-refractivity contribution < 1.29 is 0 Å². The molecule has 0 saturated carbocycles. The predicted octanol–water partition coefficient (Wildman–Crippen LogP) is 1.57. The molecular weight excluding hydrogens is 138 g/mol. The molecule has 1 N–H and O–H groups in total. The van der Waals surface area contributed by atoms with Crippen LogP contribution in [0.2, 0.25) is 0 Å². The highest BCUT2D eigenvalue weighted by molar-refractivity contribution is 5.65. The molecule has 1 aromatic rings. The molecule has 1 aromatic heterocycles. The Labute approximate surface area is 65.9 Å². The van der Waals surface area contributed by atoms with Gasteiger partial charge in [0, 0.05) is 12.0 Å². The van der Waals surface area contributed by atoms with Crippen LogP contribution >= 0.6 is 0 Å². The van der Waals surface area contributed by atoms with Gasteiger partial charge >= 0.3 is 0 Å². The van der Waals surface area contributed by atoms with Gasteiger partial charge in [-0.3, -0.25) is 0 Å². The maximum absolute atomic E-state index is 3.89. The van der Waals surface area contributed by atoms with Gasteiger partial charge in [-0.2, -0.15) is 0 Å². The molecule has 1 heterocycles. The minimum Gasteiger partial charge on any atom is -0.325 e. The van der Waals surface area contributed by atoms with E-state index in [-0.39, 0.29) is 0 Å². The van der Waals surface area contributed by atoms with Crippen molar-refractivity contribution in [3.05, 3.63) is 30.9 Å². The molecule has 0 saturated heterocycles. The molecule has 0 aliphatic heterocycles. The van der Waals surface area contributed by atoms with Gasteiger partial charge in [-0.25, -0.2) is 0 Å². The van der Waals surface area contributed by atoms with Crippen LogP contribution in [-0.2, 0) is 6.42 Å². The Morgan fingerprint density at radius 3 is 2.82 bits per heavy atom. The van der Waals surface area contributed by atoms with Crippen molar-refractivity contribution in [3.63, 3.8) is 0 Å². The van der Waals surface area contributed by atoms with Gasteiger partial charge < -0.3 is 4.98 Å². The van der Waals surface area contributed by atoms with Crippen LogP contribution < -0.4 is 0 Å². The van der Waals surface area contributed by atoms with Crippen molar-refractivity contribution in [3.8, 4) is 0 Å². The molecule has 3 nitrogen and oxygen atoms in total. The maximum atomic E-state index is 3.89. The molecule has 0 amide bonds. The van der Waals surface area contributed by atoms with Gasteiger partial charge in [0.2, 0.25) is 0 Å². The van der Waals surface area contributed by atoms with E-state index >= 15 is 0 Å². The van der Waals surface area contributed by atoms with Crippen molar-refractivity contribution in [1.82, 2.24) is 15.2 Å². The first-order chi connectivity index (χ1) is 5.27. The third-order valence-electron chi connectivity index (χ3n) is 1.42. The van der Waals surface area contributed by atoms with Crippen LogP contribution in [0.15, 0.2) is 19.2 Å². The third-order valence-corrected chi connectivity index (χ3v) is 1.42. The maximum Gasteiger partial charge on any atom is 0.160 e. The van der Waals surface area contributed by atoms with Gasteiger partial charge in [0.15, 0.2) is 5.82 Å². The fraction of sp³-hybridized carbons (Fsp3) is 0.250. The van der Waals surface area contributed by atoms with E-state index in [4.69, 9.17) is 0 Å². The summed E-state index contributed by atoms with van der Waals surface area (Å²) in [6.07, 6.45) is 2.51. The van der Waals surface area contributed by atoms with E-state index in [9.17, 15) is 0 Å². The lowest BCUT2D eigenvalue weighted by Crippen LogP contribution is -1.83. The lowest BCUT2D eigenvalue weighted by atomic mass is 10.3. The number of H-pyrrole nitrogens is 1. The SMILES string of the molecule is C=CC(=C)c1nnc(CC)[nH]1. The highest BCUT2D eigenvalue weighted by Crippen LogP contribution is 2.06. The molecule has 0 atom stereocenters. The summed E-state index contributed by atoms with van der Waals surface area (Å²) in [5.74, 6) is 1.58. The standard InChI is InChI=1S/C8H11N3/c1-4-6(3)8-9-7(5-2)10-11-8/h4H,1,3,5H2,2H3,(H,9,10,11). The first kappa shape index (κ1) is 7.72. The Morgan fingerprint density at radius 2 is 2.36 bits per heavy atom. The molecule has 0 fully saturated rings. The van der Waals surface area contributed by atoms with E-state index in [1.54, 1.807) is 6.08 Å². The minimum absolute atomic E-state index is 0.705. The second-order valence-electron chi connectivity index (χ2n) is 2.20. The van der Waals surface area contributed by atoms with Gasteiger partial charge in [0.25, 0.3) is 0 Å². The smallest absolute Gasteiger partial charge is 0.160 e. The zero-order valence-electron chi connectivity index (χ0n) is 6.59. The molecule has 3 heteroatoms. The van der Waals surface area contributed by atoms with Gasteiger partial charge in [-0.05, 0) is 0 Å². The molecule has 0 spiro atoms. The Morgan fingerprint density at radius 1 is 1.64 bits per heavy atom. The molecule has 0 radical (unpaired) electrons. The molecule has 0 bridgehead atoms. The van der Waals surface area contributed by atoms with Crippen molar-refractivity contribution in [2.24, 2.45) is 0 Å². The largest absolute Gasteiger partial charge is 0.325 e. The Balaban J connectivity index is 2.88. The van der Waals surface area contributed by atoms with Gasteiger partial charge in [-0.15, -0.1) is 10.2 Å². The summed E-state index contributed by atoms with van der Waals surface area (Å²) >= 11 is 0. The second kappa shape index (κ2) is 3.14. The lowest BCUT2D eigenvalue weighted by Gasteiger charge is -1.89. The number of allylic oxidation sites excluding steroid dienone is 2. The molecule has 0 aliphatic carbocycles. The molecule has 58 valence electrons. The topological polar surface area (TPSA) is 41.6 Å². The fourth-order valence-electron chi connectivity index (χ4n) is 0.697. The van der Waals surface area contributed by atoms with Crippen LogP contribution in [-0.4, -0.2) is 15.2 Å². The summed E-state index contributed by atoms with van der Waals surface area (Å²) in [6, 6.07) is 0. The first-order valence-corrected chi connectivity index (χ1v) is 3.51. The summed E-state index contributed by atoms with van der Waals surface area (Å²) < 4.78 is 0. The third kappa shape index (κ3) is 1.55. The summed E-state index contributed by atoms with van der Waals surface area (Å²) in [5.41, 5.74) is 0.775. The predicted molar refractivity (Wildman–Crippen MR) is 45.0 cm³/mol.